The molecule has 0 bridgehead atoms. The molecule has 26 heavy (non-hydrogen) atoms. The highest BCUT2D eigenvalue weighted by molar-refractivity contribution is 6.08. The average Bonchev–Trinajstić information content (AvgIpc) is 2.92. The van der Waals surface area contributed by atoms with Crippen molar-refractivity contribution in [1.82, 2.24) is 4.90 Å². The van der Waals surface area contributed by atoms with Crippen LogP contribution in [0.15, 0.2) is 23.4 Å². The summed E-state index contributed by atoms with van der Waals surface area (Å²) in [6, 6.07) is 1.29. The molecule has 1 aliphatic heterocycles. The van der Waals surface area contributed by atoms with Gasteiger partial charge in [-0.05, 0) is 6.07 Å². The standard InChI is InChI=1S/C16H16F2N2O6/c1-25-15(23)8-5-12(11(18)6-10(8)17)19-13-9(16(24)26-2)7-20(3-4-21)14(13)22/h5-6,19,21H,3-4,7H2,1-2H3. The number of benzene rings is 1. The minimum atomic E-state index is -1.14. The Morgan fingerprint density at radius 3 is 2.42 bits per heavy atom. The number of hydrogen-bond donors (Lipinski definition) is 2. The third kappa shape index (κ3) is 3.64. The maximum atomic E-state index is 14.1. The van der Waals surface area contributed by atoms with Crippen molar-refractivity contribution in [3.63, 3.8) is 0 Å². The first kappa shape index (κ1) is 19.3. The summed E-state index contributed by atoms with van der Waals surface area (Å²) in [5.41, 5.74) is -1.32. The normalized spacial score (nSPS) is 13.9. The summed E-state index contributed by atoms with van der Waals surface area (Å²) in [5, 5.41) is 11.4. The van der Waals surface area contributed by atoms with E-state index in [0.717, 1.165) is 25.2 Å². The molecule has 10 heteroatoms. The van der Waals surface area contributed by atoms with E-state index in [-0.39, 0.29) is 31.0 Å². The number of carbonyl (C=O) groups excluding carboxylic acids is 3. The number of nitrogens with zero attached hydrogens (tertiary/aromatic N) is 1. The summed E-state index contributed by atoms with van der Waals surface area (Å²) in [7, 11) is 2.14. The number of ether oxygens (including phenoxy) is 2. The summed E-state index contributed by atoms with van der Waals surface area (Å²) in [6.07, 6.45) is 0. The third-order valence-corrected chi connectivity index (χ3v) is 3.68. The predicted octanol–water partition coefficient (Wildman–Crippen LogP) is 0.425. The number of rotatable bonds is 6. The second kappa shape index (κ2) is 7.91. The minimum absolute atomic E-state index is 0.0518. The molecule has 1 amide bonds. The molecule has 0 aliphatic carbocycles. The van der Waals surface area contributed by atoms with Crippen molar-refractivity contribution in [2.24, 2.45) is 0 Å². The lowest BCUT2D eigenvalue weighted by atomic mass is 10.1. The Morgan fingerprint density at radius 1 is 1.19 bits per heavy atom. The first-order valence-electron chi connectivity index (χ1n) is 7.40. The van der Waals surface area contributed by atoms with Gasteiger partial charge in [0.15, 0.2) is 0 Å². The van der Waals surface area contributed by atoms with E-state index in [9.17, 15) is 23.2 Å². The zero-order valence-corrected chi connectivity index (χ0v) is 14.0. The van der Waals surface area contributed by atoms with E-state index in [2.05, 4.69) is 14.8 Å². The molecule has 0 saturated carbocycles. The van der Waals surface area contributed by atoms with Gasteiger partial charge >= 0.3 is 11.9 Å². The zero-order chi connectivity index (χ0) is 19.4. The highest BCUT2D eigenvalue weighted by Crippen LogP contribution is 2.26. The maximum Gasteiger partial charge on any atom is 0.340 e. The number of amides is 1. The van der Waals surface area contributed by atoms with E-state index < -0.39 is 40.7 Å². The monoisotopic (exact) mass is 370 g/mol. The molecular formula is C16H16F2N2O6. The number of esters is 2. The molecule has 1 aliphatic rings. The fourth-order valence-corrected chi connectivity index (χ4v) is 2.39. The van der Waals surface area contributed by atoms with Crippen LogP contribution in [0.4, 0.5) is 14.5 Å². The van der Waals surface area contributed by atoms with Crippen molar-refractivity contribution in [3.05, 3.63) is 40.6 Å². The van der Waals surface area contributed by atoms with Gasteiger partial charge in [-0.1, -0.05) is 0 Å². The van der Waals surface area contributed by atoms with Gasteiger partial charge in [-0.25, -0.2) is 18.4 Å². The largest absolute Gasteiger partial charge is 0.466 e. The molecular weight excluding hydrogens is 354 g/mol. The molecule has 0 saturated heterocycles. The second-order valence-corrected chi connectivity index (χ2v) is 5.22. The summed E-state index contributed by atoms with van der Waals surface area (Å²) < 4.78 is 36.8. The van der Waals surface area contributed by atoms with Gasteiger partial charge in [0.2, 0.25) is 0 Å². The maximum absolute atomic E-state index is 14.1. The number of aliphatic hydroxyl groups excluding tert-OH is 1. The molecule has 0 aromatic heterocycles. The average molecular weight is 370 g/mol. The molecule has 0 atom stereocenters. The Kier molecular flexibility index (Phi) is 5.88. The van der Waals surface area contributed by atoms with E-state index in [1.807, 2.05) is 0 Å². The number of β-amino-alcohol motifs (C(OH)–C–C–N with tert-alkyl or cyclic N) is 1. The minimum Gasteiger partial charge on any atom is -0.466 e. The number of aliphatic hydroxyl groups is 1. The van der Waals surface area contributed by atoms with Crippen molar-refractivity contribution in [2.45, 2.75) is 0 Å². The molecule has 2 N–H and O–H groups in total. The zero-order valence-electron chi connectivity index (χ0n) is 14.0. The summed E-state index contributed by atoms with van der Waals surface area (Å²) in [4.78, 5) is 37.0. The third-order valence-electron chi connectivity index (χ3n) is 3.68. The summed E-state index contributed by atoms with van der Waals surface area (Å²) in [5.74, 6) is -4.76. The van der Waals surface area contributed by atoms with Crippen LogP contribution in [0, 0.1) is 11.6 Å². The van der Waals surface area contributed by atoms with Crippen molar-refractivity contribution < 1.29 is 37.7 Å². The van der Waals surface area contributed by atoms with Crippen molar-refractivity contribution in [1.29, 1.82) is 0 Å². The van der Waals surface area contributed by atoms with Crippen LogP contribution < -0.4 is 5.32 Å². The van der Waals surface area contributed by atoms with Crippen molar-refractivity contribution in [2.75, 3.05) is 39.2 Å². The Hall–Kier alpha value is -3.01. The van der Waals surface area contributed by atoms with Gasteiger partial charge in [0.1, 0.15) is 17.3 Å². The van der Waals surface area contributed by atoms with Crippen molar-refractivity contribution in [3.8, 4) is 0 Å². The van der Waals surface area contributed by atoms with Crippen LogP contribution in [-0.4, -0.2) is 61.8 Å². The quantitative estimate of drug-likeness (QED) is 0.700. The fourth-order valence-electron chi connectivity index (χ4n) is 2.39. The Morgan fingerprint density at radius 2 is 1.85 bits per heavy atom. The van der Waals surface area contributed by atoms with E-state index in [4.69, 9.17) is 5.11 Å². The second-order valence-electron chi connectivity index (χ2n) is 5.22. The fraction of sp³-hybridized carbons (Fsp3) is 0.312. The van der Waals surface area contributed by atoms with Gasteiger partial charge in [0.25, 0.3) is 5.91 Å². The molecule has 1 aromatic rings. The van der Waals surface area contributed by atoms with Crippen LogP contribution in [0.5, 0.6) is 0 Å². The number of methoxy groups -OCH3 is 2. The lowest BCUT2D eigenvalue weighted by molar-refractivity contribution is -0.136. The SMILES string of the molecule is COC(=O)C1=C(Nc2cc(C(=O)OC)c(F)cc2F)C(=O)N(CCO)C1. The number of anilines is 1. The van der Waals surface area contributed by atoms with Gasteiger partial charge in [-0.2, -0.15) is 0 Å². The topological polar surface area (TPSA) is 105 Å². The molecule has 0 spiro atoms. The lowest BCUT2D eigenvalue weighted by Crippen LogP contribution is -2.31. The first-order valence-corrected chi connectivity index (χ1v) is 7.40. The number of nitrogens with one attached hydrogen (secondary N) is 1. The molecule has 8 nitrogen and oxygen atoms in total. The number of halogens is 2. The van der Waals surface area contributed by atoms with Gasteiger partial charge in [0, 0.05) is 12.6 Å². The Labute approximate surface area is 147 Å². The molecule has 1 aromatic carbocycles. The van der Waals surface area contributed by atoms with Crippen LogP contribution in [0.1, 0.15) is 10.4 Å². The summed E-state index contributed by atoms with van der Waals surface area (Å²) in [6.45, 7) is -0.546. The highest BCUT2D eigenvalue weighted by Gasteiger charge is 2.35. The van der Waals surface area contributed by atoms with Gasteiger partial charge < -0.3 is 24.8 Å². The Bertz CT molecular complexity index is 793. The van der Waals surface area contributed by atoms with Crippen LogP contribution in [0.3, 0.4) is 0 Å². The van der Waals surface area contributed by atoms with E-state index >= 15 is 0 Å². The summed E-state index contributed by atoms with van der Waals surface area (Å²) >= 11 is 0. The molecule has 0 unspecified atom stereocenters. The first-order chi connectivity index (χ1) is 12.3. The molecule has 140 valence electrons. The van der Waals surface area contributed by atoms with E-state index in [1.54, 1.807) is 0 Å². The molecule has 2 rings (SSSR count). The van der Waals surface area contributed by atoms with E-state index in [1.165, 1.54) is 0 Å². The van der Waals surface area contributed by atoms with E-state index in [0.29, 0.717) is 6.07 Å². The molecule has 1 heterocycles. The van der Waals surface area contributed by atoms with Gasteiger partial charge in [-0.3, -0.25) is 4.79 Å². The number of carbonyl (C=O) groups is 3. The predicted molar refractivity (Wildman–Crippen MR) is 84.0 cm³/mol. The highest BCUT2D eigenvalue weighted by atomic mass is 19.1. The molecule has 0 radical (unpaired) electrons. The van der Waals surface area contributed by atoms with Crippen LogP contribution in [0.25, 0.3) is 0 Å². The van der Waals surface area contributed by atoms with Gasteiger partial charge in [-0.15, -0.1) is 0 Å². The van der Waals surface area contributed by atoms with Crippen molar-refractivity contribution >= 4 is 23.5 Å². The lowest BCUT2D eigenvalue weighted by Gasteiger charge is -2.15. The van der Waals surface area contributed by atoms with Gasteiger partial charge in [0.05, 0.1) is 44.2 Å². The number of hydrogen-bond acceptors (Lipinski definition) is 7. The Balaban J connectivity index is 2.45. The van der Waals surface area contributed by atoms with Crippen LogP contribution in [-0.2, 0) is 19.1 Å². The smallest absolute Gasteiger partial charge is 0.340 e. The van der Waals surface area contributed by atoms with Crippen LogP contribution >= 0.6 is 0 Å². The molecule has 0 fully saturated rings. The van der Waals surface area contributed by atoms with Crippen LogP contribution in [0.2, 0.25) is 0 Å².